The predicted octanol–water partition coefficient (Wildman–Crippen LogP) is 2.01. The first kappa shape index (κ1) is 11.7. The summed E-state index contributed by atoms with van der Waals surface area (Å²) in [6.07, 6.45) is 0. The highest BCUT2D eigenvalue weighted by atomic mass is 16.3. The fraction of sp³-hybridized carbons (Fsp3) is 0.500. The fourth-order valence-electron chi connectivity index (χ4n) is 2.48. The van der Waals surface area contributed by atoms with Crippen LogP contribution in [0.15, 0.2) is 28.7 Å². The SMILES string of the molecule is CC1CN(Cc2nc3ccccc3o2)C(C)CN1. The van der Waals surface area contributed by atoms with E-state index in [9.17, 15) is 0 Å². The van der Waals surface area contributed by atoms with Crippen LogP contribution in [0.2, 0.25) is 0 Å². The van der Waals surface area contributed by atoms with Gasteiger partial charge in [0.15, 0.2) is 5.58 Å². The monoisotopic (exact) mass is 245 g/mol. The molecule has 2 unspecified atom stereocenters. The smallest absolute Gasteiger partial charge is 0.209 e. The molecule has 1 aliphatic heterocycles. The van der Waals surface area contributed by atoms with Crippen LogP contribution >= 0.6 is 0 Å². The largest absolute Gasteiger partial charge is 0.439 e. The molecule has 3 rings (SSSR count). The van der Waals surface area contributed by atoms with Gasteiger partial charge in [0, 0.05) is 25.2 Å². The van der Waals surface area contributed by atoms with Crippen LogP contribution in [0.5, 0.6) is 0 Å². The summed E-state index contributed by atoms with van der Waals surface area (Å²) in [5.41, 5.74) is 1.83. The zero-order valence-electron chi connectivity index (χ0n) is 10.9. The molecule has 1 aliphatic rings. The number of hydrogen-bond acceptors (Lipinski definition) is 4. The molecular weight excluding hydrogens is 226 g/mol. The van der Waals surface area contributed by atoms with Gasteiger partial charge in [-0.2, -0.15) is 0 Å². The van der Waals surface area contributed by atoms with Crippen molar-refractivity contribution in [3.63, 3.8) is 0 Å². The average Bonchev–Trinajstić information content (AvgIpc) is 2.76. The maximum atomic E-state index is 5.78. The minimum absolute atomic E-state index is 0.524. The minimum Gasteiger partial charge on any atom is -0.439 e. The Morgan fingerprint density at radius 2 is 2.22 bits per heavy atom. The van der Waals surface area contributed by atoms with Crippen LogP contribution in [0.3, 0.4) is 0 Å². The Bertz CT molecular complexity index is 504. The lowest BCUT2D eigenvalue weighted by molar-refractivity contribution is 0.128. The van der Waals surface area contributed by atoms with Gasteiger partial charge in [0.05, 0.1) is 6.54 Å². The number of oxazole rings is 1. The van der Waals surface area contributed by atoms with Crippen LogP contribution < -0.4 is 5.32 Å². The van der Waals surface area contributed by atoms with Gasteiger partial charge in [-0.3, -0.25) is 4.90 Å². The van der Waals surface area contributed by atoms with E-state index < -0.39 is 0 Å². The van der Waals surface area contributed by atoms with E-state index in [0.29, 0.717) is 12.1 Å². The number of nitrogens with one attached hydrogen (secondary N) is 1. The van der Waals surface area contributed by atoms with Crippen LogP contribution in [0.1, 0.15) is 19.7 Å². The summed E-state index contributed by atoms with van der Waals surface area (Å²) < 4.78 is 5.78. The van der Waals surface area contributed by atoms with E-state index in [2.05, 4.69) is 29.0 Å². The van der Waals surface area contributed by atoms with Crippen molar-refractivity contribution in [3.05, 3.63) is 30.2 Å². The number of hydrogen-bond donors (Lipinski definition) is 1. The van der Waals surface area contributed by atoms with Gasteiger partial charge >= 0.3 is 0 Å². The minimum atomic E-state index is 0.524. The number of piperazine rings is 1. The zero-order chi connectivity index (χ0) is 12.5. The molecule has 0 aliphatic carbocycles. The van der Waals surface area contributed by atoms with Gasteiger partial charge in [0.1, 0.15) is 5.52 Å². The summed E-state index contributed by atoms with van der Waals surface area (Å²) in [4.78, 5) is 6.96. The third-order valence-electron chi connectivity index (χ3n) is 3.57. The third-order valence-corrected chi connectivity index (χ3v) is 3.57. The summed E-state index contributed by atoms with van der Waals surface area (Å²) in [7, 11) is 0. The van der Waals surface area contributed by atoms with Crippen molar-refractivity contribution in [1.29, 1.82) is 0 Å². The molecule has 0 spiro atoms. The lowest BCUT2D eigenvalue weighted by atomic mass is 10.1. The van der Waals surface area contributed by atoms with Crippen molar-refractivity contribution in [2.45, 2.75) is 32.5 Å². The van der Waals surface area contributed by atoms with Crippen molar-refractivity contribution in [2.24, 2.45) is 0 Å². The van der Waals surface area contributed by atoms with Gasteiger partial charge < -0.3 is 9.73 Å². The lowest BCUT2D eigenvalue weighted by Gasteiger charge is -2.36. The summed E-state index contributed by atoms with van der Waals surface area (Å²) in [5.74, 6) is 0.817. The Labute approximate surface area is 107 Å². The van der Waals surface area contributed by atoms with Crippen LogP contribution in [0, 0.1) is 0 Å². The predicted molar refractivity (Wildman–Crippen MR) is 71.3 cm³/mol. The molecular formula is C14H19N3O. The van der Waals surface area contributed by atoms with Gasteiger partial charge in [-0.15, -0.1) is 0 Å². The number of rotatable bonds is 2. The molecule has 0 radical (unpaired) electrons. The first-order valence-corrected chi connectivity index (χ1v) is 6.54. The van der Waals surface area contributed by atoms with Gasteiger partial charge in [-0.1, -0.05) is 12.1 Å². The molecule has 4 nitrogen and oxygen atoms in total. The second-order valence-corrected chi connectivity index (χ2v) is 5.16. The molecule has 1 saturated heterocycles. The molecule has 18 heavy (non-hydrogen) atoms. The zero-order valence-corrected chi connectivity index (χ0v) is 10.9. The number of para-hydroxylation sites is 2. The maximum absolute atomic E-state index is 5.78. The Kier molecular flexibility index (Phi) is 3.06. The maximum Gasteiger partial charge on any atom is 0.209 e. The van der Waals surface area contributed by atoms with E-state index in [1.165, 1.54) is 0 Å². The highest BCUT2D eigenvalue weighted by Gasteiger charge is 2.23. The van der Waals surface area contributed by atoms with Gasteiger partial charge in [0.2, 0.25) is 5.89 Å². The second-order valence-electron chi connectivity index (χ2n) is 5.16. The summed E-state index contributed by atoms with van der Waals surface area (Å²) >= 11 is 0. The number of fused-ring (bicyclic) bond motifs is 1. The standard InChI is InChI=1S/C14H19N3O/c1-10-8-17(11(2)7-15-10)9-14-16-12-5-3-4-6-13(12)18-14/h3-6,10-11,15H,7-9H2,1-2H3. The van der Waals surface area contributed by atoms with Crippen molar-refractivity contribution >= 4 is 11.1 Å². The van der Waals surface area contributed by atoms with Crippen molar-refractivity contribution in [2.75, 3.05) is 13.1 Å². The normalized spacial score (nSPS) is 25.7. The van der Waals surface area contributed by atoms with E-state index in [1.54, 1.807) is 0 Å². The molecule has 4 heteroatoms. The summed E-state index contributed by atoms with van der Waals surface area (Å²) in [6, 6.07) is 8.99. The van der Waals surface area contributed by atoms with E-state index in [4.69, 9.17) is 4.42 Å². The topological polar surface area (TPSA) is 41.3 Å². The quantitative estimate of drug-likeness (QED) is 0.878. The highest BCUT2D eigenvalue weighted by molar-refractivity contribution is 5.72. The van der Waals surface area contributed by atoms with E-state index >= 15 is 0 Å². The van der Waals surface area contributed by atoms with Gasteiger partial charge in [-0.05, 0) is 26.0 Å². The second kappa shape index (κ2) is 4.71. The molecule has 1 N–H and O–H groups in total. The molecule has 1 aromatic heterocycles. The first-order chi connectivity index (χ1) is 8.72. The van der Waals surface area contributed by atoms with E-state index in [-0.39, 0.29) is 0 Å². The Hall–Kier alpha value is -1.39. The molecule has 2 aromatic rings. The van der Waals surface area contributed by atoms with Crippen molar-refractivity contribution in [3.8, 4) is 0 Å². The molecule has 0 amide bonds. The number of aromatic nitrogens is 1. The Morgan fingerprint density at radius 1 is 1.39 bits per heavy atom. The van der Waals surface area contributed by atoms with Crippen LogP contribution in [0.25, 0.3) is 11.1 Å². The molecule has 96 valence electrons. The summed E-state index contributed by atoms with van der Waals surface area (Å²) in [5, 5.41) is 3.48. The molecule has 0 saturated carbocycles. The Morgan fingerprint density at radius 3 is 3.06 bits per heavy atom. The van der Waals surface area contributed by atoms with Crippen molar-refractivity contribution < 1.29 is 4.42 Å². The molecule has 1 aromatic carbocycles. The lowest BCUT2D eigenvalue weighted by Crippen LogP contribution is -2.53. The summed E-state index contributed by atoms with van der Waals surface area (Å²) in [6.45, 7) is 7.32. The molecule has 2 heterocycles. The van der Waals surface area contributed by atoms with E-state index in [1.807, 2.05) is 24.3 Å². The van der Waals surface area contributed by atoms with Crippen LogP contribution in [-0.4, -0.2) is 35.1 Å². The average molecular weight is 245 g/mol. The first-order valence-electron chi connectivity index (χ1n) is 6.54. The highest BCUT2D eigenvalue weighted by Crippen LogP contribution is 2.17. The molecule has 0 bridgehead atoms. The van der Waals surface area contributed by atoms with Gasteiger partial charge in [-0.25, -0.2) is 4.98 Å². The molecule has 1 fully saturated rings. The molecule has 2 atom stereocenters. The third kappa shape index (κ3) is 2.26. The Balaban J connectivity index is 1.78. The van der Waals surface area contributed by atoms with Gasteiger partial charge in [0.25, 0.3) is 0 Å². The number of nitrogens with zero attached hydrogens (tertiary/aromatic N) is 2. The number of benzene rings is 1. The van der Waals surface area contributed by atoms with E-state index in [0.717, 1.165) is 36.6 Å². The van der Waals surface area contributed by atoms with Crippen LogP contribution in [-0.2, 0) is 6.54 Å². The van der Waals surface area contributed by atoms with Crippen LogP contribution in [0.4, 0.5) is 0 Å². The van der Waals surface area contributed by atoms with Crippen molar-refractivity contribution in [1.82, 2.24) is 15.2 Å². The fourth-order valence-corrected chi connectivity index (χ4v) is 2.48.